The molecule has 4 nitrogen and oxygen atoms in total. The van der Waals surface area contributed by atoms with E-state index in [-0.39, 0.29) is 10.8 Å². The first-order valence-corrected chi connectivity index (χ1v) is 8.68. The van der Waals surface area contributed by atoms with Crippen LogP contribution in [-0.2, 0) is 10.8 Å². The summed E-state index contributed by atoms with van der Waals surface area (Å²) in [5, 5.41) is 19.4. The molecule has 1 aromatic carbocycles. The van der Waals surface area contributed by atoms with Gasteiger partial charge in [0.05, 0.1) is 5.69 Å². The van der Waals surface area contributed by atoms with E-state index < -0.39 is 0 Å². The summed E-state index contributed by atoms with van der Waals surface area (Å²) in [7, 11) is 0. The molecule has 0 aliphatic heterocycles. The quantitative estimate of drug-likeness (QED) is 0.639. The van der Waals surface area contributed by atoms with Crippen molar-refractivity contribution in [3.8, 4) is 17.0 Å². The third-order valence-corrected chi connectivity index (χ3v) is 4.57. The van der Waals surface area contributed by atoms with Crippen molar-refractivity contribution in [1.29, 1.82) is 0 Å². The highest BCUT2D eigenvalue weighted by Gasteiger charge is 2.27. The second-order valence-electron chi connectivity index (χ2n) is 8.84. The summed E-state index contributed by atoms with van der Waals surface area (Å²) in [6, 6.07) is 8.18. The molecule has 132 valence electrons. The molecule has 2 N–H and O–H groups in total. The average Bonchev–Trinajstić information content (AvgIpc) is 2.88. The summed E-state index contributed by atoms with van der Waals surface area (Å²) in [5.74, 6) is 0.390. The first kappa shape index (κ1) is 17.5. The fourth-order valence-electron chi connectivity index (χ4n) is 3.13. The molecule has 2 aromatic heterocycles. The number of benzene rings is 1. The number of aromatic nitrogens is 3. The number of fused-ring (bicyclic) bond motifs is 1. The van der Waals surface area contributed by atoms with Crippen LogP contribution in [0.3, 0.4) is 0 Å². The molecule has 2 heterocycles. The van der Waals surface area contributed by atoms with Gasteiger partial charge >= 0.3 is 0 Å². The molecule has 3 rings (SSSR count). The zero-order valence-corrected chi connectivity index (χ0v) is 16.2. The molecule has 0 bridgehead atoms. The average molecular weight is 337 g/mol. The van der Waals surface area contributed by atoms with Crippen molar-refractivity contribution in [2.45, 2.75) is 59.3 Å². The largest absolute Gasteiger partial charge is 0.507 e. The molecule has 0 radical (unpaired) electrons. The Balaban J connectivity index is 2.32. The summed E-state index contributed by atoms with van der Waals surface area (Å²) < 4.78 is 0. The van der Waals surface area contributed by atoms with Crippen molar-refractivity contribution in [3.63, 3.8) is 0 Å². The maximum Gasteiger partial charge on any atom is 0.181 e. The van der Waals surface area contributed by atoms with Gasteiger partial charge in [0.2, 0.25) is 0 Å². The highest BCUT2D eigenvalue weighted by atomic mass is 16.3. The fourth-order valence-corrected chi connectivity index (χ4v) is 3.13. The van der Waals surface area contributed by atoms with Crippen molar-refractivity contribution in [2.24, 2.45) is 0 Å². The summed E-state index contributed by atoms with van der Waals surface area (Å²) in [6.07, 6.45) is 0. The molecular formula is C21H27N3O. The van der Waals surface area contributed by atoms with E-state index in [0.29, 0.717) is 5.75 Å². The van der Waals surface area contributed by atoms with E-state index in [1.807, 2.05) is 13.0 Å². The van der Waals surface area contributed by atoms with Gasteiger partial charge in [-0.15, -0.1) is 0 Å². The lowest BCUT2D eigenvalue weighted by Gasteiger charge is -2.28. The van der Waals surface area contributed by atoms with Crippen molar-refractivity contribution in [1.82, 2.24) is 15.2 Å². The van der Waals surface area contributed by atoms with Crippen LogP contribution in [0.25, 0.3) is 22.3 Å². The van der Waals surface area contributed by atoms with Crippen molar-refractivity contribution < 1.29 is 5.11 Å². The van der Waals surface area contributed by atoms with Crippen molar-refractivity contribution in [2.75, 3.05) is 0 Å². The Kier molecular flexibility index (Phi) is 3.90. The summed E-state index contributed by atoms with van der Waals surface area (Å²) in [6.45, 7) is 14.7. The monoisotopic (exact) mass is 337 g/mol. The number of phenols is 1. The Bertz CT molecular complexity index is 905. The number of rotatable bonds is 1. The normalized spacial score (nSPS) is 12.8. The number of phenolic OH excluding ortho intramolecular Hbond substituents is 1. The minimum atomic E-state index is -0.162. The van der Waals surface area contributed by atoms with Gasteiger partial charge in [-0.1, -0.05) is 41.5 Å². The summed E-state index contributed by atoms with van der Waals surface area (Å²) in [5.41, 5.74) is 5.20. The van der Waals surface area contributed by atoms with Gasteiger partial charge in [0, 0.05) is 27.8 Å². The number of aromatic amines is 1. The predicted octanol–water partition coefficient (Wildman–Crippen LogP) is 5.23. The van der Waals surface area contributed by atoms with Gasteiger partial charge in [0.25, 0.3) is 0 Å². The van der Waals surface area contributed by atoms with E-state index in [2.05, 4.69) is 74.9 Å². The maximum absolute atomic E-state index is 10.9. The zero-order valence-electron chi connectivity index (χ0n) is 16.2. The minimum Gasteiger partial charge on any atom is -0.507 e. The maximum atomic E-state index is 10.9. The second kappa shape index (κ2) is 5.58. The molecular weight excluding hydrogens is 310 g/mol. The smallest absolute Gasteiger partial charge is 0.181 e. The van der Waals surface area contributed by atoms with Gasteiger partial charge in [0.15, 0.2) is 5.65 Å². The molecule has 0 aliphatic rings. The standard InChI is InChI=1S/C21H27N3O/c1-12-8-9-14-17(23-24-19(14)22-12)13-10-15(20(2,3)4)18(25)16(11-13)21(5,6)7/h8-11,25H,1-7H3,(H,22,23,24). The number of pyridine rings is 1. The highest BCUT2D eigenvalue weighted by Crippen LogP contribution is 2.42. The van der Waals surface area contributed by atoms with E-state index in [1.165, 1.54) is 0 Å². The van der Waals surface area contributed by atoms with Crippen LogP contribution in [0.5, 0.6) is 5.75 Å². The third-order valence-electron chi connectivity index (χ3n) is 4.57. The van der Waals surface area contributed by atoms with E-state index in [1.54, 1.807) is 0 Å². The number of hydrogen-bond acceptors (Lipinski definition) is 3. The van der Waals surface area contributed by atoms with Crippen LogP contribution in [0, 0.1) is 6.92 Å². The molecule has 0 saturated heterocycles. The second-order valence-corrected chi connectivity index (χ2v) is 8.84. The highest BCUT2D eigenvalue weighted by molar-refractivity contribution is 5.91. The number of nitrogens with zero attached hydrogens (tertiary/aromatic N) is 2. The van der Waals surface area contributed by atoms with E-state index in [4.69, 9.17) is 0 Å². The lowest BCUT2D eigenvalue weighted by Crippen LogP contribution is -2.17. The van der Waals surface area contributed by atoms with Crippen molar-refractivity contribution in [3.05, 3.63) is 41.1 Å². The number of aromatic hydroxyl groups is 1. The molecule has 0 spiro atoms. The van der Waals surface area contributed by atoms with Gasteiger partial charge in [-0.05, 0) is 42.0 Å². The van der Waals surface area contributed by atoms with Gasteiger partial charge in [0.1, 0.15) is 5.75 Å². The fraction of sp³-hybridized carbons (Fsp3) is 0.429. The molecule has 25 heavy (non-hydrogen) atoms. The van der Waals surface area contributed by atoms with Crippen LogP contribution >= 0.6 is 0 Å². The molecule has 0 saturated carbocycles. The molecule has 0 aliphatic carbocycles. The lowest BCUT2D eigenvalue weighted by atomic mass is 9.78. The summed E-state index contributed by atoms with van der Waals surface area (Å²) in [4.78, 5) is 4.49. The molecule has 0 amide bonds. The van der Waals surface area contributed by atoms with Crippen LogP contribution in [0.1, 0.15) is 58.4 Å². The number of aryl methyl sites for hydroxylation is 1. The molecule has 3 aromatic rings. The van der Waals surface area contributed by atoms with E-state index in [0.717, 1.165) is 39.1 Å². The Labute approximate surface area is 149 Å². The van der Waals surface area contributed by atoms with Crippen LogP contribution < -0.4 is 0 Å². The number of nitrogens with one attached hydrogen (secondary N) is 1. The van der Waals surface area contributed by atoms with Crippen LogP contribution in [0.4, 0.5) is 0 Å². The molecule has 0 fully saturated rings. The first-order valence-electron chi connectivity index (χ1n) is 8.68. The van der Waals surface area contributed by atoms with E-state index in [9.17, 15) is 5.11 Å². The molecule has 4 heteroatoms. The molecule has 0 atom stereocenters. The van der Waals surface area contributed by atoms with Crippen LogP contribution in [-0.4, -0.2) is 20.3 Å². The van der Waals surface area contributed by atoms with Crippen LogP contribution in [0.2, 0.25) is 0 Å². The van der Waals surface area contributed by atoms with Gasteiger partial charge in [-0.3, -0.25) is 5.10 Å². The first-order chi connectivity index (χ1) is 11.5. The Morgan fingerprint density at radius 2 is 1.48 bits per heavy atom. The Hall–Kier alpha value is -2.36. The summed E-state index contributed by atoms with van der Waals surface area (Å²) >= 11 is 0. The van der Waals surface area contributed by atoms with Gasteiger partial charge in [-0.25, -0.2) is 4.98 Å². The minimum absolute atomic E-state index is 0.162. The van der Waals surface area contributed by atoms with E-state index >= 15 is 0 Å². The number of H-pyrrole nitrogens is 1. The topological polar surface area (TPSA) is 61.8 Å². The lowest BCUT2D eigenvalue weighted by molar-refractivity contribution is 0.423. The number of hydrogen-bond donors (Lipinski definition) is 2. The SMILES string of the molecule is Cc1ccc2c(-c3cc(C(C)(C)C)c(O)c(C(C)(C)C)c3)[nH]nc2n1. The van der Waals surface area contributed by atoms with Gasteiger partial charge < -0.3 is 5.11 Å². The van der Waals surface area contributed by atoms with Crippen LogP contribution in [0.15, 0.2) is 24.3 Å². The van der Waals surface area contributed by atoms with Crippen molar-refractivity contribution >= 4 is 11.0 Å². The Morgan fingerprint density at radius 3 is 2.00 bits per heavy atom. The zero-order chi connectivity index (χ0) is 18.6. The Morgan fingerprint density at radius 1 is 0.920 bits per heavy atom. The molecule has 0 unspecified atom stereocenters. The predicted molar refractivity (Wildman–Crippen MR) is 103 cm³/mol. The third kappa shape index (κ3) is 3.13. The van der Waals surface area contributed by atoms with Gasteiger partial charge in [-0.2, -0.15) is 5.10 Å².